The van der Waals surface area contributed by atoms with Crippen molar-refractivity contribution < 1.29 is 23.9 Å². The molecule has 2 heterocycles. The van der Waals surface area contributed by atoms with Crippen LogP contribution in [0.4, 0.5) is 0 Å². The Morgan fingerprint density at radius 2 is 1.79 bits per heavy atom. The largest absolute Gasteiger partial charge is 0.451 e. The van der Waals surface area contributed by atoms with E-state index in [1.165, 1.54) is 6.92 Å². The van der Waals surface area contributed by atoms with Crippen LogP contribution in [-0.2, 0) is 14.3 Å². The van der Waals surface area contributed by atoms with Gasteiger partial charge in [0.05, 0.1) is 12.2 Å². The van der Waals surface area contributed by atoms with Crippen LogP contribution in [0.2, 0.25) is 0 Å². The van der Waals surface area contributed by atoms with E-state index >= 15 is 0 Å². The molecule has 24 heavy (non-hydrogen) atoms. The van der Waals surface area contributed by atoms with Crippen molar-refractivity contribution >= 4 is 17.7 Å². The van der Waals surface area contributed by atoms with Gasteiger partial charge in [-0.05, 0) is 40.2 Å². The molecule has 1 aromatic rings. The summed E-state index contributed by atoms with van der Waals surface area (Å²) in [5.41, 5.74) is 1.87. The molecule has 1 aliphatic heterocycles. The van der Waals surface area contributed by atoms with E-state index in [1.54, 1.807) is 18.7 Å². The molecule has 1 fully saturated rings. The number of rotatable bonds is 4. The van der Waals surface area contributed by atoms with Crippen LogP contribution in [0.15, 0.2) is 0 Å². The number of Topliss-reactive ketones (excluding diaryl/α,β-unsaturated/α-hetero) is 1. The summed E-state index contributed by atoms with van der Waals surface area (Å²) in [6.45, 7) is 9.29. The van der Waals surface area contributed by atoms with Gasteiger partial charge in [-0.3, -0.25) is 9.59 Å². The number of esters is 1. The fraction of sp³-hybridized carbons (Fsp3) is 0.588. The maximum Gasteiger partial charge on any atom is 0.355 e. The van der Waals surface area contributed by atoms with Crippen LogP contribution in [-0.4, -0.2) is 59.4 Å². The Labute approximate surface area is 141 Å². The maximum atomic E-state index is 12.2. The van der Waals surface area contributed by atoms with Gasteiger partial charge in [0.1, 0.15) is 5.69 Å². The minimum atomic E-state index is -0.634. The minimum Gasteiger partial charge on any atom is -0.451 e. The van der Waals surface area contributed by atoms with Gasteiger partial charge in [-0.25, -0.2) is 4.79 Å². The van der Waals surface area contributed by atoms with Gasteiger partial charge in [-0.2, -0.15) is 0 Å². The molecular weight excluding hydrogens is 312 g/mol. The molecule has 7 heteroatoms. The SMILES string of the molecule is CC(=O)c1c(C)[nH]c(C(=O)OCC(=O)N2C[C@@H](C)O[C@H](C)C2)c1C. The van der Waals surface area contributed by atoms with Gasteiger partial charge in [0.25, 0.3) is 5.91 Å². The predicted molar refractivity (Wildman–Crippen MR) is 87.1 cm³/mol. The normalized spacial score (nSPS) is 20.8. The first-order chi connectivity index (χ1) is 11.2. The number of carbonyl (C=O) groups excluding carboxylic acids is 3. The van der Waals surface area contributed by atoms with E-state index in [2.05, 4.69) is 4.98 Å². The fourth-order valence-electron chi connectivity index (χ4n) is 3.15. The summed E-state index contributed by atoms with van der Waals surface area (Å²) in [4.78, 5) is 40.6. The van der Waals surface area contributed by atoms with Gasteiger partial charge in [-0.1, -0.05) is 0 Å². The van der Waals surface area contributed by atoms with Crippen molar-refractivity contribution in [2.24, 2.45) is 0 Å². The Morgan fingerprint density at radius 1 is 1.21 bits per heavy atom. The van der Waals surface area contributed by atoms with Crippen LogP contribution in [0.5, 0.6) is 0 Å². The summed E-state index contributed by atoms with van der Waals surface area (Å²) >= 11 is 0. The van der Waals surface area contributed by atoms with Crippen LogP contribution >= 0.6 is 0 Å². The second-order valence-electron chi connectivity index (χ2n) is 6.31. The van der Waals surface area contributed by atoms with Crippen molar-refractivity contribution in [2.75, 3.05) is 19.7 Å². The zero-order chi connectivity index (χ0) is 18.0. The van der Waals surface area contributed by atoms with Crippen molar-refractivity contribution in [3.8, 4) is 0 Å². The van der Waals surface area contributed by atoms with E-state index in [1.807, 2.05) is 13.8 Å². The van der Waals surface area contributed by atoms with Crippen LogP contribution in [0.3, 0.4) is 0 Å². The number of hydrogen-bond donors (Lipinski definition) is 1. The molecule has 1 saturated heterocycles. The minimum absolute atomic E-state index is 0.0418. The van der Waals surface area contributed by atoms with Gasteiger partial charge < -0.3 is 19.4 Å². The van der Waals surface area contributed by atoms with E-state index in [0.717, 1.165) is 0 Å². The molecule has 0 bridgehead atoms. The second-order valence-corrected chi connectivity index (χ2v) is 6.31. The van der Waals surface area contributed by atoms with Gasteiger partial charge in [0.15, 0.2) is 12.4 Å². The Kier molecular flexibility index (Phi) is 5.43. The number of morpholine rings is 1. The van der Waals surface area contributed by atoms with Crippen molar-refractivity contribution in [1.82, 2.24) is 9.88 Å². The Morgan fingerprint density at radius 3 is 2.29 bits per heavy atom. The number of nitrogens with one attached hydrogen (secondary N) is 1. The number of hydrogen-bond acceptors (Lipinski definition) is 5. The first-order valence-corrected chi connectivity index (χ1v) is 8.01. The third kappa shape index (κ3) is 3.84. The molecule has 1 aliphatic rings. The number of ether oxygens (including phenoxy) is 2. The lowest BCUT2D eigenvalue weighted by atomic mass is 10.1. The highest BCUT2D eigenvalue weighted by Gasteiger charge is 2.27. The molecule has 132 valence electrons. The highest BCUT2D eigenvalue weighted by molar-refractivity contribution is 6.01. The fourth-order valence-corrected chi connectivity index (χ4v) is 3.15. The quantitative estimate of drug-likeness (QED) is 0.667. The lowest BCUT2D eigenvalue weighted by Crippen LogP contribution is -2.49. The van der Waals surface area contributed by atoms with Crippen molar-refractivity contribution in [1.29, 1.82) is 0 Å². The summed E-state index contributed by atoms with van der Waals surface area (Å²) < 4.78 is 10.7. The average Bonchev–Trinajstić information content (AvgIpc) is 2.78. The first-order valence-electron chi connectivity index (χ1n) is 8.01. The molecule has 0 radical (unpaired) electrons. The number of nitrogens with zero attached hydrogens (tertiary/aromatic N) is 1. The predicted octanol–water partition coefficient (Wildman–Crippen LogP) is 1.63. The van der Waals surface area contributed by atoms with E-state index in [0.29, 0.717) is 29.9 Å². The monoisotopic (exact) mass is 336 g/mol. The van der Waals surface area contributed by atoms with Crippen LogP contribution in [0.25, 0.3) is 0 Å². The summed E-state index contributed by atoms with van der Waals surface area (Å²) in [6, 6.07) is 0. The molecule has 2 rings (SSSR count). The number of aromatic nitrogens is 1. The zero-order valence-corrected chi connectivity index (χ0v) is 14.8. The maximum absolute atomic E-state index is 12.2. The highest BCUT2D eigenvalue weighted by atomic mass is 16.5. The van der Waals surface area contributed by atoms with Gasteiger partial charge in [0.2, 0.25) is 0 Å². The molecule has 1 aromatic heterocycles. The van der Waals surface area contributed by atoms with Crippen molar-refractivity contribution in [2.45, 2.75) is 46.8 Å². The van der Waals surface area contributed by atoms with E-state index in [9.17, 15) is 14.4 Å². The molecule has 7 nitrogen and oxygen atoms in total. The number of aryl methyl sites for hydroxylation is 1. The third-order valence-corrected chi connectivity index (χ3v) is 4.09. The molecular formula is C17H24N2O5. The molecule has 0 unspecified atom stereocenters. The standard InChI is InChI=1S/C17H24N2O5/c1-9-6-19(7-10(2)24-9)14(21)8-23-17(22)16-11(3)15(13(5)20)12(4)18-16/h9-10,18H,6-8H2,1-5H3/t9-,10-/m1/s1. The lowest BCUT2D eigenvalue weighted by molar-refractivity contribution is -0.146. The summed E-state index contributed by atoms with van der Waals surface area (Å²) in [5, 5.41) is 0. The smallest absolute Gasteiger partial charge is 0.355 e. The Balaban J connectivity index is 1.99. The van der Waals surface area contributed by atoms with Crippen molar-refractivity contribution in [3.05, 3.63) is 22.5 Å². The van der Waals surface area contributed by atoms with Crippen LogP contribution < -0.4 is 0 Å². The topological polar surface area (TPSA) is 88.7 Å². The number of ketones is 1. The first kappa shape index (κ1) is 18.2. The highest BCUT2D eigenvalue weighted by Crippen LogP contribution is 2.19. The van der Waals surface area contributed by atoms with Gasteiger partial charge >= 0.3 is 5.97 Å². The van der Waals surface area contributed by atoms with Crippen molar-refractivity contribution in [3.63, 3.8) is 0 Å². The van der Waals surface area contributed by atoms with Crippen LogP contribution in [0, 0.1) is 13.8 Å². The Bertz CT molecular complexity index is 654. The number of carbonyl (C=O) groups is 3. The van der Waals surface area contributed by atoms with Gasteiger partial charge in [-0.15, -0.1) is 0 Å². The average molecular weight is 336 g/mol. The number of amides is 1. The third-order valence-electron chi connectivity index (χ3n) is 4.09. The zero-order valence-electron chi connectivity index (χ0n) is 14.8. The van der Waals surface area contributed by atoms with E-state index in [4.69, 9.17) is 9.47 Å². The van der Waals surface area contributed by atoms with Gasteiger partial charge in [0, 0.05) is 24.3 Å². The molecule has 1 amide bonds. The lowest BCUT2D eigenvalue weighted by Gasteiger charge is -2.35. The van der Waals surface area contributed by atoms with E-state index in [-0.39, 0.29) is 36.2 Å². The molecule has 1 N–H and O–H groups in total. The van der Waals surface area contributed by atoms with Crippen LogP contribution in [0.1, 0.15) is 52.9 Å². The molecule has 0 spiro atoms. The number of H-pyrrole nitrogens is 1. The summed E-state index contributed by atoms with van der Waals surface area (Å²) in [5.74, 6) is -1.00. The van der Waals surface area contributed by atoms with E-state index < -0.39 is 5.97 Å². The molecule has 0 aliphatic carbocycles. The molecule has 2 atom stereocenters. The second kappa shape index (κ2) is 7.17. The number of aromatic amines is 1. The Hall–Kier alpha value is -2.15. The molecule has 0 saturated carbocycles. The molecule has 0 aromatic carbocycles. The summed E-state index contributed by atoms with van der Waals surface area (Å²) in [6.07, 6.45) is -0.0837. The summed E-state index contributed by atoms with van der Waals surface area (Å²) in [7, 11) is 0.